The van der Waals surface area contributed by atoms with Crippen LogP contribution >= 0.6 is 0 Å². The Balaban J connectivity index is 2.61. The van der Waals surface area contributed by atoms with Crippen LogP contribution in [0.2, 0.25) is 0 Å². The Hall–Kier alpha value is -0.800. The van der Waals surface area contributed by atoms with Gasteiger partial charge in [-0.3, -0.25) is 4.90 Å². The molecule has 0 aliphatic heterocycles. The van der Waals surface area contributed by atoms with Crippen molar-refractivity contribution in [2.75, 3.05) is 7.05 Å². The van der Waals surface area contributed by atoms with Crippen LogP contribution in [0, 0.1) is 6.92 Å². The largest absolute Gasteiger partial charge is 0.463 e. The van der Waals surface area contributed by atoms with Gasteiger partial charge in [0, 0.05) is 11.6 Å². The quantitative estimate of drug-likeness (QED) is 0.815. The van der Waals surface area contributed by atoms with E-state index >= 15 is 0 Å². The Kier molecular flexibility index (Phi) is 6.28. The predicted molar refractivity (Wildman–Crippen MR) is 85.9 cm³/mol. The highest BCUT2D eigenvalue weighted by Crippen LogP contribution is 2.18. The molecule has 116 valence electrons. The van der Waals surface area contributed by atoms with E-state index in [0.717, 1.165) is 24.6 Å². The molecular weight excluding hydrogens is 248 g/mol. The molecule has 3 nitrogen and oxygen atoms in total. The van der Waals surface area contributed by atoms with Crippen LogP contribution in [-0.2, 0) is 13.1 Å². The standard InChI is InChI=1S/C17H32N2O/c1-8-9-14(3)19(7)12-15-10-13(2)16(20-15)11-18-17(4,5)6/h10,14,18H,8-9,11-12H2,1-7H3. The van der Waals surface area contributed by atoms with Crippen LogP contribution in [0.15, 0.2) is 10.5 Å². The molecule has 1 atom stereocenters. The lowest BCUT2D eigenvalue weighted by molar-refractivity contribution is 0.216. The topological polar surface area (TPSA) is 28.4 Å². The first-order valence-electron chi connectivity index (χ1n) is 7.76. The summed E-state index contributed by atoms with van der Waals surface area (Å²) in [5.41, 5.74) is 1.36. The Morgan fingerprint density at radius 1 is 1.35 bits per heavy atom. The zero-order valence-electron chi connectivity index (χ0n) is 14.3. The molecule has 0 saturated carbocycles. The fourth-order valence-electron chi connectivity index (χ4n) is 2.23. The summed E-state index contributed by atoms with van der Waals surface area (Å²) in [4.78, 5) is 2.36. The number of rotatable bonds is 7. The van der Waals surface area contributed by atoms with Gasteiger partial charge in [-0.15, -0.1) is 0 Å². The van der Waals surface area contributed by atoms with Gasteiger partial charge < -0.3 is 9.73 Å². The van der Waals surface area contributed by atoms with Crippen LogP contribution in [-0.4, -0.2) is 23.5 Å². The lowest BCUT2D eigenvalue weighted by atomic mass is 10.1. The van der Waals surface area contributed by atoms with E-state index in [1.54, 1.807) is 0 Å². The average molecular weight is 280 g/mol. The Bertz CT molecular complexity index is 404. The molecule has 1 rings (SSSR count). The van der Waals surface area contributed by atoms with Crippen LogP contribution in [0.1, 0.15) is 64.5 Å². The third-order valence-electron chi connectivity index (χ3n) is 3.72. The molecule has 0 radical (unpaired) electrons. The summed E-state index contributed by atoms with van der Waals surface area (Å²) in [7, 11) is 2.17. The average Bonchev–Trinajstić information content (AvgIpc) is 2.66. The maximum Gasteiger partial charge on any atom is 0.120 e. The first kappa shape index (κ1) is 17.3. The van der Waals surface area contributed by atoms with Crippen molar-refractivity contribution in [3.8, 4) is 0 Å². The monoisotopic (exact) mass is 280 g/mol. The molecular formula is C17H32N2O. The van der Waals surface area contributed by atoms with Crippen molar-refractivity contribution in [3.05, 3.63) is 23.2 Å². The first-order chi connectivity index (χ1) is 9.23. The minimum Gasteiger partial charge on any atom is -0.463 e. The number of aryl methyl sites for hydroxylation is 1. The summed E-state index contributed by atoms with van der Waals surface area (Å²) >= 11 is 0. The Morgan fingerprint density at radius 2 is 2.00 bits per heavy atom. The Labute approximate surface area is 124 Å². The molecule has 0 aromatic carbocycles. The third kappa shape index (κ3) is 5.68. The minimum atomic E-state index is 0.117. The number of nitrogens with zero attached hydrogens (tertiary/aromatic N) is 1. The number of furan rings is 1. The Morgan fingerprint density at radius 3 is 2.55 bits per heavy atom. The van der Waals surface area contributed by atoms with Gasteiger partial charge in [0.15, 0.2) is 0 Å². The van der Waals surface area contributed by atoms with Crippen molar-refractivity contribution in [2.24, 2.45) is 0 Å². The van der Waals surface area contributed by atoms with E-state index in [2.05, 4.69) is 64.9 Å². The SMILES string of the molecule is CCCC(C)N(C)Cc1cc(C)c(CNC(C)(C)C)o1. The lowest BCUT2D eigenvalue weighted by Gasteiger charge is -2.23. The molecule has 0 spiro atoms. The molecule has 0 bridgehead atoms. The van der Waals surface area contributed by atoms with Gasteiger partial charge >= 0.3 is 0 Å². The van der Waals surface area contributed by atoms with Gasteiger partial charge in [-0.1, -0.05) is 13.3 Å². The molecule has 0 aliphatic carbocycles. The van der Waals surface area contributed by atoms with Crippen molar-refractivity contribution >= 4 is 0 Å². The maximum atomic E-state index is 6.00. The van der Waals surface area contributed by atoms with E-state index in [1.165, 1.54) is 18.4 Å². The zero-order valence-corrected chi connectivity index (χ0v) is 14.3. The zero-order chi connectivity index (χ0) is 15.3. The van der Waals surface area contributed by atoms with Gasteiger partial charge in [-0.2, -0.15) is 0 Å². The number of hydrogen-bond donors (Lipinski definition) is 1. The molecule has 1 aromatic heterocycles. The fraction of sp³-hybridized carbons (Fsp3) is 0.765. The molecule has 0 amide bonds. The van der Waals surface area contributed by atoms with Crippen molar-refractivity contribution in [2.45, 2.75) is 79.1 Å². The smallest absolute Gasteiger partial charge is 0.120 e. The molecule has 0 saturated heterocycles. The molecule has 20 heavy (non-hydrogen) atoms. The van der Waals surface area contributed by atoms with E-state index in [4.69, 9.17) is 4.42 Å². The highest BCUT2D eigenvalue weighted by atomic mass is 16.3. The van der Waals surface area contributed by atoms with E-state index in [-0.39, 0.29) is 5.54 Å². The van der Waals surface area contributed by atoms with Crippen LogP contribution in [0.3, 0.4) is 0 Å². The predicted octanol–water partition coefficient (Wildman–Crippen LogP) is 4.10. The molecule has 1 heterocycles. The summed E-state index contributed by atoms with van der Waals surface area (Å²) < 4.78 is 6.00. The second-order valence-electron chi connectivity index (χ2n) is 6.98. The third-order valence-corrected chi connectivity index (χ3v) is 3.72. The molecule has 1 unspecified atom stereocenters. The molecule has 0 fully saturated rings. The van der Waals surface area contributed by atoms with Crippen LogP contribution in [0.4, 0.5) is 0 Å². The maximum absolute atomic E-state index is 6.00. The van der Waals surface area contributed by atoms with E-state index < -0.39 is 0 Å². The van der Waals surface area contributed by atoms with Gasteiger partial charge in [0.1, 0.15) is 11.5 Å². The number of nitrogens with one attached hydrogen (secondary N) is 1. The fourth-order valence-corrected chi connectivity index (χ4v) is 2.23. The number of hydrogen-bond acceptors (Lipinski definition) is 3. The van der Waals surface area contributed by atoms with Crippen LogP contribution < -0.4 is 5.32 Å². The highest BCUT2D eigenvalue weighted by molar-refractivity contribution is 5.20. The summed E-state index contributed by atoms with van der Waals surface area (Å²) in [6.07, 6.45) is 2.46. The second-order valence-corrected chi connectivity index (χ2v) is 6.98. The van der Waals surface area contributed by atoms with Crippen molar-refractivity contribution in [3.63, 3.8) is 0 Å². The summed E-state index contributed by atoms with van der Waals surface area (Å²) in [6.45, 7) is 14.8. The summed E-state index contributed by atoms with van der Waals surface area (Å²) in [6, 6.07) is 2.77. The molecule has 3 heteroatoms. The van der Waals surface area contributed by atoms with Gasteiger partial charge in [-0.25, -0.2) is 0 Å². The van der Waals surface area contributed by atoms with E-state index in [9.17, 15) is 0 Å². The summed E-state index contributed by atoms with van der Waals surface area (Å²) in [5.74, 6) is 2.13. The van der Waals surface area contributed by atoms with Gasteiger partial charge in [-0.05, 0) is 59.7 Å². The van der Waals surface area contributed by atoms with E-state index in [0.29, 0.717) is 6.04 Å². The van der Waals surface area contributed by atoms with Gasteiger partial charge in [0.05, 0.1) is 13.1 Å². The lowest BCUT2D eigenvalue weighted by Crippen LogP contribution is -2.35. The molecule has 1 aromatic rings. The van der Waals surface area contributed by atoms with E-state index in [1.807, 2.05) is 0 Å². The van der Waals surface area contributed by atoms with Crippen molar-refractivity contribution < 1.29 is 4.42 Å². The van der Waals surface area contributed by atoms with Gasteiger partial charge in [0.25, 0.3) is 0 Å². The van der Waals surface area contributed by atoms with Crippen LogP contribution in [0.5, 0.6) is 0 Å². The highest BCUT2D eigenvalue weighted by Gasteiger charge is 2.15. The molecule has 0 aliphatic rings. The van der Waals surface area contributed by atoms with Crippen molar-refractivity contribution in [1.29, 1.82) is 0 Å². The first-order valence-corrected chi connectivity index (χ1v) is 7.76. The summed E-state index contributed by atoms with van der Waals surface area (Å²) in [5, 5.41) is 3.48. The molecule has 1 N–H and O–H groups in total. The minimum absolute atomic E-state index is 0.117. The van der Waals surface area contributed by atoms with Gasteiger partial charge in [0.2, 0.25) is 0 Å². The van der Waals surface area contributed by atoms with Crippen molar-refractivity contribution in [1.82, 2.24) is 10.2 Å². The normalized spacial score (nSPS) is 14.0. The van der Waals surface area contributed by atoms with Crippen LogP contribution in [0.25, 0.3) is 0 Å². The second kappa shape index (κ2) is 7.28.